The summed E-state index contributed by atoms with van der Waals surface area (Å²) in [5, 5.41) is 22.6. The van der Waals surface area contributed by atoms with Crippen molar-refractivity contribution in [1.29, 1.82) is 0 Å². The van der Waals surface area contributed by atoms with E-state index in [0.717, 1.165) is 19.3 Å². The first kappa shape index (κ1) is 27.8. The van der Waals surface area contributed by atoms with Gasteiger partial charge in [-0.2, -0.15) is 0 Å². The van der Waals surface area contributed by atoms with Gasteiger partial charge in [0.2, 0.25) is 0 Å². The predicted octanol–water partition coefficient (Wildman–Crippen LogP) is 3.64. The van der Waals surface area contributed by atoms with Crippen LogP contribution in [0.25, 0.3) is 0 Å². The first-order chi connectivity index (χ1) is 19.9. The fourth-order valence-corrected chi connectivity index (χ4v) is 10.9. The van der Waals surface area contributed by atoms with Crippen molar-refractivity contribution in [3.63, 3.8) is 0 Å². The molecule has 8 heteroatoms. The molecular formula is C34H38O8. The van der Waals surface area contributed by atoms with Crippen molar-refractivity contribution in [1.82, 2.24) is 0 Å². The van der Waals surface area contributed by atoms with Crippen LogP contribution in [0.1, 0.15) is 87.1 Å². The second-order valence-corrected chi connectivity index (χ2v) is 14.5. The zero-order valence-electron chi connectivity index (χ0n) is 24.1. The Labute approximate surface area is 244 Å². The zero-order chi connectivity index (χ0) is 29.8. The molecule has 0 heterocycles. The molecule has 1 aromatic rings. The van der Waals surface area contributed by atoms with Gasteiger partial charge >= 0.3 is 0 Å². The van der Waals surface area contributed by atoms with E-state index < -0.39 is 70.0 Å². The standard InChI is InChI=1S/C34H38O8/c1-14-21-4-3-5-25(37)29(21)31(39)30-27(14)23(24-13-26(38)28(15(2)35)32(40)34(24,42)33(30)41)12-20(36)11-19-8-16-6-17-9-18(7-16)22(19)10-17/h3-5,14,16-19,22-24,27-28,30,37,42H,6-13H2,1-2H3/t14-,16?,17?,18?,19-,22?,23+,24+,27-,28?,30?,34+/m0/s1. The van der Waals surface area contributed by atoms with E-state index in [1.165, 1.54) is 31.7 Å². The molecule has 0 spiro atoms. The summed E-state index contributed by atoms with van der Waals surface area (Å²) in [5.41, 5.74) is -2.19. The second-order valence-electron chi connectivity index (χ2n) is 14.5. The third kappa shape index (κ3) is 3.76. The van der Waals surface area contributed by atoms with E-state index in [2.05, 4.69) is 0 Å². The van der Waals surface area contributed by atoms with Crippen molar-refractivity contribution in [2.45, 2.75) is 76.7 Å². The SMILES string of the molecule is CC(=O)C1C(=O)C[C@@H]2[C@@H](CC(=O)C[C@@H]3CC4CC5CC(C4)C3C5)[C@H]3C(C(=O)c4c(O)cccc4[C@@H]3C)C(=O)[C@]2(O)C1=O. The van der Waals surface area contributed by atoms with Crippen LogP contribution in [0.2, 0.25) is 0 Å². The van der Waals surface area contributed by atoms with Gasteiger partial charge in [0.1, 0.15) is 23.2 Å². The minimum absolute atomic E-state index is 0.0114. The van der Waals surface area contributed by atoms with Crippen LogP contribution in [0.5, 0.6) is 5.75 Å². The Balaban J connectivity index is 1.28. The van der Waals surface area contributed by atoms with Crippen molar-refractivity contribution >= 4 is 34.7 Å². The number of Topliss-reactive ketones (excluding diaryl/α,β-unsaturated/α-hetero) is 6. The molecule has 0 aromatic heterocycles. The molecule has 2 N–H and O–H groups in total. The Morgan fingerprint density at radius 3 is 2.38 bits per heavy atom. The van der Waals surface area contributed by atoms with Gasteiger partial charge in [-0.1, -0.05) is 19.1 Å². The van der Waals surface area contributed by atoms with Gasteiger partial charge in [-0.3, -0.25) is 28.8 Å². The van der Waals surface area contributed by atoms with E-state index in [4.69, 9.17) is 0 Å². The van der Waals surface area contributed by atoms with E-state index in [0.29, 0.717) is 29.7 Å². The average molecular weight is 575 g/mol. The zero-order valence-corrected chi connectivity index (χ0v) is 24.1. The number of fused-ring (bicyclic) bond motifs is 5. The highest BCUT2D eigenvalue weighted by atomic mass is 16.3. The summed E-state index contributed by atoms with van der Waals surface area (Å²) in [6.45, 7) is 2.91. The molecule has 3 bridgehead atoms. The molecule has 42 heavy (non-hydrogen) atoms. The molecule has 6 aliphatic rings. The molecule has 12 atom stereocenters. The fraction of sp³-hybridized carbons (Fsp3) is 0.647. The second kappa shape index (κ2) is 9.50. The van der Waals surface area contributed by atoms with Crippen molar-refractivity contribution in [2.24, 2.45) is 59.2 Å². The highest BCUT2D eigenvalue weighted by Gasteiger charge is 2.69. The fourth-order valence-electron chi connectivity index (χ4n) is 10.9. The van der Waals surface area contributed by atoms with E-state index in [9.17, 15) is 39.0 Å². The number of benzene rings is 1. The summed E-state index contributed by atoms with van der Waals surface area (Å²) in [5.74, 6) is -8.11. The average Bonchev–Trinajstić information content (AvgIpc) is 3.16. The van der Waals surface area contributed by atoms with Crippen molar-refractivity contribution in [2.75, 3.05) is 0 Å². The van der Waals surface area contributed by atoms with Crippen LogP contribution in [-0.2, 0) is 24.0 Å². The van der Waals surface area contributed by atoms with Crippen LogP contribution in [0, 0.1) is 59.2 Å². The Hall–Kier alpha value is -3.00. The van der Waals surface area contributed by atoms with E-state index in [1.54, 1.807) is 12.1 Å². The quantitative estimate of drug-likeness (QED) is 0.508. The van der Waals surface area contributed by atoms with E-state index in [1.807, 2.05) is 6.92 Å². The third-order valence-corrected chi connectivity index (χ3v) is 12.4. The molecule has 6 aliphatic carbocycles. The van der Waals surface area contributed by atoms with Crippen molar-refractivity contribution in [3.05, 3.63) is 29.3 Å². The van der Waals surface area contributed by atoms with E-state index in [-0.39, 0.29) is 35.9 Å². The van der Waals surface area contributed by atoms with Crippen LogP contribution < -0.4 is 0 Å². The van der Waals surface area contributed by atoms with Crippen LogP contribution >= 0.6 is 0 Å². The van der Waals surface area contributed by atoms with Crippen LogP contribution in [0.15, 0.2) is 18.2 Å². The van der Waals surface area contributed by atoms with Gasteiger partial charge in [0, 0.05) is 25.2 Å². The normalized spacial score (nSPS) is 43.5. The maximum atomic E-state index is 14.1. The first-order valence-corrected chi connectivity index (χ1v) is 15.6. The molecule has 222 valence electrons. The molecule has 0 aliphatic heterocycles. The molecule has 0 radical (unpaired) electrons. The molecule has 5 saturated carbocycles. The van der Waals surface area contributed by atoms with Gasteiger partial charge in [-0.05, 0) is 98.0 Å². The number of rotatable bonds is 5. The molecule has 1 aromatic carbocycles. The van der Waals surface area contributed by atoms with E-state index >= 15 is 0 Å². The lowest BCUT2D eigenvalue weighted by Gasteiger charge is -2.54. The lowest BCUT2D eigenvalue weighted by atomic mass is 9.47. The smallest absolute Gasteiger partial charge is 0.190 e. The van der Waals surface area contributed by atoms with Gasteiger partial charge < -0.3 is 10.2 Å². The number of carbonyl (C=O) groups is 6. The Morgan fingerprint density at radius 2 is 1.67 bits per heavy atom. The summed E-state index contributed by atoms with van der Waals surface area (Å²) in [6.07, 6.45) is 5.90. The number of ketones is 6. The molecule has 6 unspecified atom stereocenters. The van der Waals surface area contributed by atoms with Crippen molar-refractivity contribution in [3.8, 4) is 5.75 Å². The third-order valence-electron chi connectivity index (χ3n) is 12.4. The summed E-state index contributed by atoms with van der Waals surface area (Å²) < 4.78 is 0. The van der Waals surface area contributed by atoms with Gasteiger partial charge in [-0.25, -0.2) is 0 Å². The lowest BCUT2D eigenvalue weighted by molar-refractivity contribution is -0.183. The van der Waals surface area contributed by atoms with Gasteiger partial charge in [0.25, 0.3) is 0 Å². The Bertz CT molecular complexity index is 1440. The van der Waals surface area contributed by atoms with Crippen LogP contribution in [0.3, 0.4) is 0 Å². The maximum absolute atomic E-state index is 14.1. The maximum Gasteiger partial charge on any atom is 0.190 e. The first-order valence-electron chi connectivity index (χ1n) is 15.6. The number of hydrogen-bond donors (Lipinski definition) is 2. The van der Waals surface area contributed by atoms with Gasteiger partial charge in [0.05, 0.1) is 11.5 Å². The summed E-state index contributed by atoms with van der Waals surface area (Å²) in [4.78, 5) is 81.1. The summed E-state index contributed by atoms with van der Waals surface area (Å²) >= 11 is 0. The van der Waals surface area contributed by atoms with Gasteiger partial charge in [-0.15, -0.1) is 0 Å². The van der Waals surface area contributed by atoms with Crippen LogP contribution in [-0.4, -0.2) is 50.5 Å². The van der Waals surface area contributed by atoms with Gasteiger partial charge in [0.15, 0.2) is 28.7 Å². The molecule has 8 nitrogen and oxygen atoms in total. The number of phenols is 1. The summed E-state index contributed by atoms with van der Waals surface area (Å²) in [7, 11) is 0. The highest BCUT2D eigenvalue weighted by molar-refractivity contribution is 6.31. The molecule has 0 amide bonds. The number of phenolic OH excluding ortho intramolecular Hbond substituents is 1. The number of carbonyl (C=O) groups excluding carboxylic acids is 6. The molecule has 5 fully saturated rings. The highest BCUT2D eigenvalue weighted by Crippen LogP contribution is 2.60. The lowest BCUT2D eigenvalue weighted by Crippen LogP contribution is -2.70. The summed E-state index contributed by atoms with van der Waals surface area (Å²) in [6, 6.07) is 4.70. The topological polar surface area (TPSA) is 143 Å². The number of hydrogen-bond acceptors (Lipinski definition) is 8. The van der Waals surface area contributed by atoms with Crippen LogP contribution in [0.4, 0.5) is 0 Å². The largest absolute Gasteiger partial charge is 0.507 e. The molecule has 0 saturated heterocycles. The molecule has 7 rings (SSSR count). The Kier molecular flexibility index (Phi) is 6.29. The number of aromatic hydroxyl groups is 1. The predicted molar refractivity (Wildman–Crippen MR) is 148 cm³/mol. The van der Waals surface area contributed by atoms with Crippen molar-refractivity contribution < 1.29 is 39.0 Å². The monoisotopic (exact) mass is 574 g/mol. The minimum Gasteiger partial charge on any atom is -0.507 e. The minimum atomic E-state index is -2.73. The Morgan fingerprint density at radius 1 is 0.952 bits per heavy atom. The molecular weight excluding hydrogens is 536 g/mol. The number of aliphatic hydroxyl groups is 1.